The van der Waals surface area contributed by atoms with Crippen LogP contribution in [0.3, 0.4) is 0 Å². The average molecular weight is 167 g/mol. The minimum absolute atomic E-state index is 0.319. The summed E-state index contributed by atoms with van der Waals surface area (Å²) >= 11 is 7.77. The number of rotatable bonds is 4. The minimum Gasteiger partial charge on any atom is -0.139 e. The van der Waals surface area contributed by atoms with E-state index in [-0.39, 0.29) is 0 Å². The van der Waals surface area contributed by atoms with Crippen LogP contribution in [0.2, 0.25) is 0 Å². The first-order valence-electron chi connectivity index (χ1n) is 3.50. The molecule has 0 N–H and O–H groups in total. The normalized spacial score (nSPS) is 17.3. The van der Waals surface area contributed by atoms with Crippen molar-refractivity contribution in [2.75, 3.05) is 0 Å². The number of halogens is 1. The Hall–Kier alpha value is 0.640. The predicted octanol–water partition coefficient (Wildman–Crippen LogP) is 3.49. The van der Waals surface area contributed by atoms with E-state index in [2.05, 4.69) is 20.8 Å². The molecule has 0 radical (unpaired) electrons. The van der Waals surface area contributed by atoms with Gasteiger partial charge in [0.05, 0.1) is 4.71 Å². The first kappa shape index (κ1) is 9.64. The average Bonchev–Trinajstić information content (AvgIpc) is 1.87. The summed E-state index contributed by atoms with van der Waals surface area (Å²) in [4.78, 5) is 0. The molecule has 0 aliphatic rings. The number of alkyl halides is 1. The van der Waals surface area contributed by atoms with Crippen molar-refractivity contribution in [2.24, 2.45) is 0 Å². The Morgan fingerprint density at radius 3 is 2.22 bits per heavy atom. The monoisotopic (exact) mass is 166 g/mol. The quantitative estimate of drug-likeness (QED) is 0.577. The number of hydrogen-bond acceptors (Lipinski definition) is 1. The Labute approximate surface area is 67.4 Å². The molecule has 0 aromatic carbocycles. The zero-order valence-corrected chi connectivity index (χ0v) is 7.93. The van der Waals surface area contributed by atoms with Crippen molar-refractivity contribution in [3.8, 4) is 0 Å². The van der Waals surface area contributed by atoms with Gasteiger partial charge in [-0.3, -0.25) is 0 Å². The van der Waals surface area contributed by atoms with Crippen LogP contribution in [0.1, 0.15) is 33.6 Å². The molecule has 56 valence electrons. The highest BCUT2D eigenvalue weighted by molar-refractivity contribution is 8.01. The molecule has 2 unspecified atom stereocenters. The molecule has 0 aromatic heterocycles. The molecule has 0 bridgehead atoms. The molecule has 0 saturated heterocycles. The Bertz CT molecular complexity index is 57.9. The van der Waals surface area contributed by atoms with Gasteiger partial charge in [0.2, 0.25) is 0 Å². The van der Waals surface area contributed by atoms with E-state index < -0.39 is 0 Å². The van der Waals surface area contributed by atoms with E-state index in [4.69, 9.17) is 11.6 Å². The van der Waals surface area contributed by atoms with Crippen molar-refractivity contribution in [1.82, 2.24) is 0 Å². The molecule has 9 heavy (non-hydrogen) atoms. The fourth-order valence-corrected chi connectivity index (χ4v) is 1.86. The molecule has 0 spiro atoms. The van der Waals surface area contributed by atoms with Crippen molar-refractivity contribution in [1.29, 1.82) is 0 Å². The third kappa shape index (κ3) is 5.10. The molecule has 2 atom stereocenters. The zero-order valence-electron chi connectivity index (χ0n) is 6.36. The SMILES string of the molecule is CCC(C)SC(Cl)CC. The first-order chi connectivity index (χ1) is 4.20. The Morgan fingerprint density at radius 2 is 1.89 bits per heavy atom. The summed E-state index contributed by atoms with van der Waals surface area (Å²) in [5.74, 6) is 0. The number of hydrogen-bond donors (Lipinski definition) is 0. The van der Waals surface area contributed by atoms with Gasteiger partial charge in [-0.2, -0.15) is 0 Å². The largest absolute Gasteiger partial charge is 0.139 e. The van der Waals surface area contributed by atoms with Gasteiger partial charge in [-0.15, -0.1) is 23.4 Å². The molecule has 0 nitrogen and oxygen atoms in total. The van der Waals surface area contributed by atoms with Gasteiger partial charge in [-0.05, 0) is 12.8 Å². The van der Waals surface area contributed by atoms with Crippen LogP contribution >= 0.6 is 23.4 Å². The second kappa shape index (κ2) is 5.43. The van der Waals surface area contributed by atoms with Gasteiger partial charge in [-0.25, -0.2) is 0 Å². The van der Waals surface area contributed by atoms with Crippen LogP contribution in [0.15, 0.2) is 0 Å². The highest BCUT2D eigenvalue weighted by Gasteiger charge is 2.05. The molecule has 2 heteroatoms. The highest BCUT2D eigenvalue weighted by Crippen LogP contribution is 2.24. The summed E-state index contributed by atoms with van der Waals surface area (Å²) in [5.41, 5.74) is 0. The van der Waals surface area contributed by atoms with Crippen molar-refractivity contribution < 1.29 is 0 Å². The van der Waals surface area contributed by atoms with Crippen molar-refractivity contribution in [3.05, 3.63) is 0 Å². The van der Waals surface area contributed by atoms with Gasteiger partial charge >= 0.3 is 0 Å². The lowest BCUT2D eigenvalue weighted by atomic mass is 10.4. The summed E-state index contributed by atoms with van der Waals surface area (Å²) < 4.78 is 0.319. The van der Waals surface area contributed by atoms with E-state index in [9.17, 15) is 0 Å². The maximum atomic E-state index is 5.90. The maximum absolute atomic E-state index is 5.90. The third-order valence-electron chi connectivity index (χ3n) is 1.28. The fourth-order valence-electron chi connectivity index (χ4n) is 0.445. The van der Waals surface area contributed by atoms with E-state index in [0.717, 1.165) is 6.42 Å². The fraction of sp³-hybridized carbons (Fsp3) is 1.00. The van der Waals surface area contributed by atoms with Crippen molar-refractivity contribution in [3.63, 3.8) is 0 Å². The van der Waals surface area contributed by atoms with Crippen LogP contribution in [0.5, 0.6) is 0 Å². The molecular weight excluding hydrogens is 152 g/mol. The smallest absolute Gasteiger partial charge is 0.0788 e. The van der Waals surface area contributed by atoms with Crippen molar-refractivity contribution in [2.45, 2.75) is 43.6 Å². The van der Waals surface area contributed by atoms with Gasteiger partial charge < -0.3 is 0 Å². The summed E-state index contributed by atoms with van der Waals surface area (Å²) in [6.45, 7) is 6.53. The van der Waals surface area contributed by atoms with Gasteiger partial charge in [0.1, 0.15) is 0 Å². The lowest BCUT2D eigenvalue weighted by molar-refractivity contribution is 0.897. The molecule has 0 rings (SSSR count). The summed E-state index contributed by atoms with van der Waals surface area (Å²) in [5, 5.41) is 0.715. The van der Waals surface area contributed by atoms with Crippen LogP contribution in [0.25, 0.3) is 0 Å². The lowest BCUT2D eigenvalue weighted by Gasteiger charge is -2.10. The summed E-state index contributed by atoms with van der Waals surface area (Å²) in [7, 11) is 0. The maximum Gasteiger partial charge on any atom is 0.0788 e. The molecule has 0 heterocycles. The zero-order chi connectivity index (χ0) is 7.28. The van der Waals surface area contributed by atoms with E-state index in [1.807, 2.05) is 11.8 Å². The van der Waals surface area contributed by atoms with Crippen LogP contribution < -0.4 is 0 Å². The molecule has 0 aliphatic carbocycles. The van der Waals surface area contributed by atoms with Crippen LogP contribution in [0.4, 0.5) is 0 Å². The molecule has 0 aliphatic heterocycles. The predicted molar refractivity (Wildman–Crippen MR) is 47.3 cm³/mol. The van der Waals surface area contributed by atoms with Gasteiger partial charge in [-0.1, -0.05) is 20.8 Å². The van der Waals surface area contributed by atoms with Gasteiger partial charge in [0, 0.05) is 5.25 Å². The molecule has 0 amide bonds. The third-order valence-corrected chi connectivity index (χ3v) is 3.32. The summed E-state index contributed by atoms with van der Waals surface area (Å²) in [6.07, 6.45) is 2.28. The Kier molecular flexibility index (Phi) is 5.81. The minimum atomic E-state index is 0.319. The van der Waals surface area contributed by atoms with E-state index in [1.54, 1.807) is 0 Å². The van der Waals surface area contributed by atoms with Gasteiger partial charge in [0.25, 0.3) is 0 Å². The standard InChI is InChI=1S/C7H15ClS/c1-4-6(3)9-7(8)5-2/h6-7H,4-5H2,1-3H3. The van der Waals surface area contributed by atoms with E-state index in [1.165, 1.54) is 6.42 Å². The van der Waals surface area contributed by atoms with Crippen LogP contribution in [0, 0.1) is 0 Å². The number of thioether (sulfide) groups is 1. The van der Waals surface area contributed by atoms with Crippen LogP contribution in [-0.4, -0.2) is 9.96 Å². The lowest BCUT2D eigenvalue weighted by Crippen LogP contribution is -1.99. The van der Waals surface area contributed by atoms with E-state index in [0.29, 0.717) is 9.96 Å². The highest BCUT2D eigenvalue weighted by atomic mass is 35.5. The topological polar surface area (TPSA) is 0 Å². The second-order valence-electron chi connectivity index (χ2n) is 2.17. The van der Waals surface area contributed by atoms with Gasteiger partial charge in [0.15, 0.2) is 0 Å². The summed E-state index contributed by atoms with van der Waals surface area (Å²) in [6, 6.07) is 0. The molecule has 0 aromatic rings. The van der Waals surface area contributed by atoms with Crippen molar-refractivity contribution >= 4 is 23.4 Å². The first-order valence-corrected chi connectivity index (χ1v) is 4.88. The molecule has 0 fully saturated rings. The Balaban J connectivity index is 3.22. The second-order valence-corrected chi connectivity index (χ2v) is 4.60. The molecular formula is C7H15ClS. The van der Waals surface area contributed by atoms with Crippen LogP contribution in [-0.2, 0) is 0 Å². The molecule has 0 saturated carbocycles. The Morgan fingerprint density at radius 1 is 1.33 bits per heavy atom. The van der Waals surface area contributed by atoms with E-state index >= 15 is 0 Å².